The molecule has 0 spiro atoms. The number of aromatic nitrogens is 2. The molecule has 15 heavy (non-hydrogen) atoms. The average molecular weight is 229 g/mol. The molecule has 3 N–H and O–H groups in total. The molecule has 82 valence electrons. The Kier molecular flexibility index (Phi) is 4.45. The highest BCUT2D eigenvalue weighted by atomic mass is 35.5. The van der Waals surface area contributed by atoms with Crippen molar-refractivity contribution in [2.45, 2.75) is 13.3 Å². The second kappa shape index (κ2) is 5.63. The minimum Gasteiger partial charge on any atom is -0.330 e. The molecule has 0 aliphatic carbocycles. The fraction of sp³-hybridized carbons (Fsp3) is 0.444. The van der Waals surface area contributed by atoms with Gasteiger partial charge in [0.05, 0.1) is 0 Å². The molecule has 1 heterocycles. The third kappa shape index (κ3) is 3.81. The molecule has 6 heteroatoms. The van der Waals surface area contributed by atoms with Crippen LogP contribution in [0.4, 0.5) is 5.82 Å². The smallest absolute Gasteiger partial charge is 0.228 e. The van der Waals surface area contributed by atoms with E-state index in [2.05, 4.69) is 15.3 Å². The van der Waals surface area contributed by atoms with E-state index >= 15 is 0 Å². The Balaban J connectivity index is 2.58. The van der Waals surface area contributed by atoms with Crippen LogP contribution in [0, 0.1) is 5.92 Å². The van der Waals surface area contributed by atoms with Crippen LogP contribution in [0.2, 0.25) is 5.28 Å². The minimum atomic E-state index is -0.135. The highest BCUT2D eigenvalue weighted by molar-refractivity contribution is 6.28. The van der Waals surface area contributed by atoms with Gasteiger partial charge in [-0.3, -0.25) is 4.79 Å². The number of anilines is 1. The number of nitrogens with zero attached hydrogens (tertiary/aromatic N) is 2. The maximum absolute atomic E-state index is 11.5. The Bertz CT molecular complexity index is 345. The van der Waals surface area contributed by atoms with E-state index in [0.717, 1.165) is 0 Å². The lowest BCUT2D eigenvalue weighted by Gasteiger charge is -2.09. The van der Waals surface area contributed by atoms with Gasteiger partial charge in [0.25, 0.3) is 0 Å². The van der Waals surface area contributed by atoms with Crippen LogP contribution in [-0.4, -0.2) is 22.4 Å². The molecule has 0 saturated heterocycles. The third-order valence-electron chi connectivity index (χ3n) is 1.92. The monoisotopic (exact) mass is 228 g/mol. The van der Waals surface area contributed by atoms with Gasteiger partial charge in [0.1, 0.15) is 5.82 Å². The Hall–Kier alpha value is -1.20. The van der Waals surface area contributed by atoms with Crippen molar-refractivity contribution in [1.29, 1.82) is 0 Å². The van der Waals surface area contributed by atoms with Crippen molar-refractivity contribution in [1.82, 2.24) is 9.97 Å². The summed E-state index contributed by atoms with van der Waals surface area (Å²) in [6.07, 6.45) is 2.13. The topological polar surface area (TPSA) is 80.9 Å². The summed E-state index contributed by atoms with van der Waals surface area (Å²) < 4.78 is 0. The summed E-state index contributed by atoms with van der Waals surface area (Å²) in [7, 11) is 0. The van der Waals surface area contributed by atoms with Crippen molar-refractivity contribution >= 4 is 23.3 Å². The zero-order valence-corrected chi connectivity index (χ0v) is 9.16. The number of nitrogens with two attached hydrogens (primary N) is 1. The molecule has 0 aromatic carbocycles. The first-order valence-electron chi connectivity index (χ1n) is 4.63. The molecule has 1 unspecified atom stereocenters. The molecule has 0 radical (unpaired) electrons. The Morgan fingerprint density at radius 3 is 3.07 bits per heavy atom. The second-order valence-corrected chi connectivity index (χ2v) is 3.52. The zero-order chi connectivity index (χ0) is 11.3. The average Bonchev–Trinajstić information content (AvgIpc) is 2.18. The second-order valence-electron chi connectivity index (χ2n) is 3.18. The summed E-state index contributed by atoms with van der Waals surface area (Å²) in [5, 5.41) is 2.75. The normalized spacial score (nSPS) is 12.2. The summed E-state index contributed by atoms with van der Waals surface area (Å²) >= 11 is 5.58. The van der Waals surface area contributed by atoms with Crippen LogP contribution >= 0.6 is 11.6 Å². The molecule has 0 aliphatic rings. The predicted molar refractivity (Wildman–Crippen MR) is 58.5 cm³/mol. The van der Waals surface area contributed by atoms with Crippen LogP contribution in [0.3, 0.4) is 0 Å². The summed E-state index contributed by atoms with van der Waals surface area (Å²) in [4.78, 5) is 19.1. The largest absolute Gasteiger partial charge is 0.330 e. The Morgan fingerprint density at radius 1 is 1.73 bits per heavy atom. The SMILES string of the molecule is CC(CCN)C(=O)Nc1ccnc(Cl)n1. The number of nitrogens with one attached hydrogen (secondary N) is 1. The van der Waals surface area contributed by atoms with Gasteiger partial charge in [-0.25, -0.2) is 9.97 Å². The van der Waals surface area contributed by atoms with Crippen LogP contribution in [-0.2, 0) is 4.79 Å². The summed E-state index contributed by atoms with van der Waals surface area (Å²) in [5.74, 6) is 0.155. The fourth-order valence-corrected chi connectivity index (χ4v) is 1.18. The molecule has 1 aromatic heterocycles. The molecule has 0 bridgehead atoms. The first-order valence-corrected chi connectivity index (χ1v) is 5.00. The van der Waals surface area contributed by atoms with Gasteiger partial charge in [-0.2, -0.15) is 0 Å². The number of carbonyl (C=O) groups excluding carboxylic acids is 1. The van der Waals surface area contributed by atoms with Crippen LogP contribution in [0.15, 0.2) is 12.3 Å². The summed E-state index contributed by atoms with van der Waals surface area (Å²) in [6.45, 7) is 2.30. The molecular formula is C9H13ClN4O. The van der Waals surface area contributed by atoms with Crippen molar-refractivity contribution in [3.05, 3.63) is 17.5 Å². The van der Waals surface area contributed by atoms with E-state index in [0.29, 0.717) is 18.8 Å². The van der Waals surface area contributed by atoms with E-state index in [1.165, 1.54) is 6.20 Å². The molecule has 1 aromatic rings. The molecule has 1 rings (SSSR count). The van der Waals surface area contributed by atoms with Gasteiger partial charge >= 0.3 is 0 Å². The van der Waals surface area contributed by atoms with Crippen LogP contribution in [0.5, 0.6) is 0 Å². The van der Waals surface area contributed by atoms with E-state index in [1.807, 2.05) is 6.92 Å². The number of rotatable bonds is 4. The first-order chi connectivity index (χ1) is 7.13. The van der Waals surface area contributed by atoms with E-state index in [1.54, 1.807) is 6.07 Å². The van der Waals surface area contributed by atoms with E-state index < -0.39 is 0 Å². The zero-order valence-electron chi connectivity index (χ0n) is 8.40. The Labute approximate surface area is 93.0 Å². The number of amides is 1. The molecule has 0 saturated carbocycles. The van der Waals surface area contributed by atoms with Crippen molar-refractivity contribution in [3.63, 3.8) is 0 Å². The summed E-state index contributed by atoms with van der Waals surface area (Å²) in [6, 6.07) is 1.58. The van der Waals surface area contributed by atoms with Gasteiger partial charge in [0.2, 0.25) is 11.2 Å². The highest BCUT2D eigenvalue weighted by Crippen LogP contribution is 2.09. The highest BCUT2D eigenvalue weighted by Gasteiger charge is 2.12. The van der Waals surface area contributed by atoms with E-state index in [9.17, 15) is 4.79 Å². The number of carbonyl (C=O) groups is 1. The summed E-state index contributed by atoms with van der Waals surface area (Å²) in [5.41, 5.74) is 5.36. The van der Waals surface area contributed by atoms with Crippen molar-refractivity contribution in [3.8, 4) is 0 Å². The van der Waals surface area contributed by atoms with Gasteiger partial charge < -0.3 is 11.1 Å². The maximum Gasteiger partial charge on any atom is 0.228 e. The quantitative estimate of drug-likeness (QED) is 0.755. The molecular weight excluding hydrogens is 216 g/mol. The minimum absolute atomic E-state index is 0.110. The molecule has 0 aliphatic heterocycles. The van der Waals surface area contributed by atoms with Crippen molar-refractivity contribution in [2.75, 3.05) is 11.9 Å². The van der Waals surface area contributed by atoms with Gasteiger partial charge in [-0.1, -0.05) is 6.92 Å². The third-order valence-corrected chi connectivity index (χ3v) is 2.11. The van der Waals surface area contributed by atoms with Gasteiger partial charge in [-0.05, 0) is 30.6 Å². The number of hydrogen-bond acceptors (Lipinski definition) is 4. The number of halogens is 1. The van der Waals surface area contributed by atoms with Gasteiger partial charge in [-0.15, -0.1) is 0 Å². The van der Waals surface area contributed by atoms with Crippen LogP contribution in [0.25, 0.3) is 0 Å². The molecule has 1 amide bonds. The molecule has 1 atom stereocenters. The van der Waals surface area contributed by atoms with Gasteiger partial charge in [0, 0.05) is 12.1 Å². The first kappa shape index (κ1) is 11.9. The van der Waals surface area contributed by atoms with Crippen molar-refractivity contribution < 1.29 is 4.79 Å². The fourth-order valence-electron chi connectivity index (χ4n) is 1.04. The predicted octanol–water partition coefficient (Wildman–Crippen LogP) is 1.05. The lowest BCUT2D eigenvalue weighted by Crippen LogP contribution is -2.23. The molecule has 0 fully saturated rings. The van der Waals surface area contributed by atoms with Crippen LogP contribution < -0.4 is 11.1 Å². The van der Waals surface area contributed by atoms with Gasteiger partial charge in [0.15, 0.2) is 0 Å². The van der Waals surface area contributed by atoms with E-state index in [4.69, 9.17) is 17.3 Å². The lowest BCUT2D eigenvalue weighted by molar-refractivity contribution is -0.119. The Morgan fingerprint density at radius 2 is 2.47 bits per heavy atom. The number of hydrogen-bond donors (Lipinski definition) is 2. The molecule has 5 nitrogen and oxygen atoms in total. The van der Waals surface area contributed by atoms with E-state index in [-0.39, 0.29) is 17.1 Å². The standard InChI is InChI=1S/C9H13ClN4O/c1-6(2-4-11)8(15)13-7-3-5-12-9(10)14-7/h3,5-6H,2,4,11H2,1H3,(H,12,13,14,15). The lowest BCUT2D eigenvalue weighted by atomic mass is 10.1. The van der Waals surface area contributed by atoms with Crippen LogP contribution in [0.1, 0.15) is 13.3 Å². The maximum atomic E-state index is 11.5. The van der Waals surface area contributed by atoms with Crippen molar-refractivity contribution in [2.24, 2.45) is 11.7 Å².